The summed E-state index contributed by atoms with van der Waals surface area (Å²) in [5, 5.41) is 20.4. The van der Waals surface area contributed by atoms with Gasteiger partial charge in [0, 0.05) is 18.8 Å². The first-order valence-corrected chi connectivity index (χ1v) is 4.71. The standard InChI is InChI=1S/C11H13FN2O/c1-8(7-15)6-14-10-2-3-11(12)9(4-10)5-13/h2-4,8,14-15H,6-7H2,1H3. The molecule has 0 radical (unpaired) electrons. The normalized spacial score (nSPS) is 11.9. The van der Waals surface area contributed by atoms with E-state index in [0.717, 1.165) is 0 Å². The fraction of sp³-hybridized carbons (Fsp3) is 0.364. The lowest BCUT2D eigenvalue weighted by Crippen LogP contribution is -2.14. The van der Waals surface area contributed by atoms with Crippen LogP contribution < -0.4 is 5.32 Å². The molecule has 0 bridgehead atoms. The fourth-order valence-corrected chi connectivity index (χ4v) is 1.08. The summed E-state index contributed by atoms with van der Waals surface area (Å²) in [6.45, 7) is 2.58. The molecular formula is C11H13FN2O. The van der Waals surface area contributed by atoms with Gasteiger partial charge >= 0.3 is 0 Å². The quantitative estimate of drug-likeness (QED) is 0.792. The second-order valence-corrected chi connectivity index (χ2v) is 3.48. The van der Waals surface area contributed by atoms with Gasteiger partial charge in [-0.25, -0.2) is 4.39 Å². The van der Waals surface area contributed by atoms with Crippen LogP contribution in [-0.2, 0) is 0 Å². The van der Waals surface area contributed by atoms with Gasteiger partial charge in [0.25, 0.3) is 0 Å². The van der Waals surface area contributed by atoms with Crippen LogP contribution >= 0.6 is 0 Å². The highest BCUT2D eigenvalue weighted by molar-refractivity contribution is 5.49. The predicted molar refractivity (Wildman–Crippen MR) is 55.9 cm³/mol. The van der Waals surface area contributed by atoms with Gasteiger partial charge in [-0.1, -0.05) is 6.92 Å². The number of halogens is 1. The average Bonchev–Trinajstić information content (AvgIpc) is 2.27. The Hall–Kier alpha value is -1.60. The number of aliphatic hydroxyl groups excluding tert-OH is 1. The summed E-state index contributed by atoms with van der Waals surface area (Å²) in [6, 6.07) is 6.05. The topological polar surface area (TPSA) is 56.0 Å². The summed E-state index contributed by atoms with van der Waals surface area (Å²) in [4.78, 5) is 0. The molecule has 1 atom stereocenters. The van der Waals surface area contributed by atoms with Crippen molar-refractivity contribution in [2.45, 2.75) is 6.92 Å². The maximum atomic E-state index is 12.9. The van der Waals surface area contributed by atoms with Crippen molar-refractivity contribution in [2.75, 3.05) is 18.5 Å². The SMILES string of the molecule is CC(CO)CNc1ccc(F)c(C#N)c1. The Morgan fingerprint density at radius 1 is 1.60 bits per heavy atom. The van der Waals surface area contributed by atoms with E-state index in [9.17, 15) is 4.39 Å². The van der Waals surface area contributed by atoms with E-state index in [1.54, 1.807) is 12.1 Å². The van der Waals surface area contributed by atoms with E-state index in [1.807, 2.05) is 6.92 Å². The minimum atomic E-state index is -0.516. The number of hydrogen-bond donors (Lipinski definition) is 2. The molecule has 1 rings (SSSR count). The molecule has 0 aliphatic heterocycles. The summed E-state index contributed by atoms with van der Waals surface area (Å²) in [6.07, 6.45) is 0. The van der Waals surface area contributed by atoms with Crippen molar-refractivity contribution in [2.24, 2.45) is 5.92 Å². The summed E-state index contributed by atoms with van der Waals surface area (Å²) in [5.74, 6) is -0.390. The lowest BCUT2D eigenvalue weighted by atomic mass is 10.1. The van der Waals surface area contributed by atoms with Crippen LogP contribution in [0.2, 0.25) is 0 Å². The lowest BCUT2D eigenvalue weighted by Gasteiger charge is -2.10. The van der Waals surface area contributed by atoms with Crippen LogP contribution in [0, 0.1) is 23.1 Å². The van der Waals surface area contributed by atoms with Crippen LogP contribution in [-0.4, -0.2) is 18.3 Å². The number of hydrogen-bond acceptors (Lipinski definition) is 3. The van der Waals surface area contributed by atoms with E-state index < -0.39 is 5.82 Å². The van der Waals surface area contributed by atoms with Crippen molar-refractivity contribution in [1.82, 2.24) is 0 Å². The Balaban J connectivity index is 2.67. The van der Waals surface area contributed by atoms with Gasteiger partial charge in [-0.3, -0.25) is 0 Å². The third kappa shape index (κ3) is 3.22. The summed E-state index contributed by atoms with van der Waals surface area (Å²) < 4.78 is 12.9. The highest BCUT2D eigenvalue weighted by Crippen LogP contribution is 2.14. The van der Waals surface area contributed by atoms with Gasteiger partial charge in [-0.05, 0) is 24.1 Å². The largest absolute Gasteiger partial charge is 0.396 e. The number of nitrogens with zero attached hydrogens (tertiary/aromatic N) is 1. The Morgan fingerprint density at radius 2 is 2.33 bits per heavy atom. The van der Waals surface area contributed by atoms with Crippen LogP contribution in [0.4, 0.5) is 10.1 Å². The van der Waals surface area contributed by atoms with Crippen LogP contribution in [0.3, 0.4) is 0 Å². The molecule has 2 N–H and O–H groups in total. The molecule has 0 aliphatic rings. The fourth-order valence-electron chi connectivity index (χ4n) is 1.08. The zero-order valence-electron chi connectivity index (χ0n) is 8.50. The monoisotopic (exact) mass is 208 g/mol. The van der Waals surface area contributed by atoms with Gasteiger partial charge in [-0.15, -0.1) is 0 Å². The van der Waals surface area contributed by atoms with E-state index in [0.29, 0.717) is 12.2 Å². The summed E-state index contributed by atoms with van der Waals surface area (Å²) in [7, 11) is 0. The predicted octanol–water partition coefficient (Wildman–Crippen LogP) is 1.74. The third-order valence-corrected chi connectivity index (χ3v) is 2.05. The van der Waals surface area contributed by atoms with E-state index >= 15 is 0 Å². The van der Waals surface area contributed by atoms with Crippen LogP contribution in [0.1, 0.15) is 12.5 Å². The number of nitriles is 1. The number of nitrogens with one attached hydrogen (secondary N) is 1. The molecule has 1 aromatic carbocycles. The van der Waals surface area contributed by atoms with Crippen molar-refractivity contribution in [1.29, 1.82) is 5.26 Å². The molecule has 0 saturated heterocycles. The number of rotatable bonds is 4. The molecule has 1 unspecified atom stereocenters. The maximum Gasteiger partial charge on any atom is 0.141 e. The van der Waals surface area contributed by atoms with E-state index in [1.165, 1.54) is 12.1 Å². The van der Waals surface area contributed by atoms with E-state index in [-0.39, 0.29) is 18.1 Å². The first-order chi connectivity index (χ1) is 7.17. The molecule has 3 nitrogen and oxygen atoms in total. The highest BCUT2D eigenvalue weighted by atomic mass is 19.1. The minimum absolute atomic E-state index is 0.0247. The van der Waals surface area contributed by atoms with Gasteiger partial charge in [0.2, 0.25) is 0 Å². The van der Waals surface area contributed by atoms with E-state index in [4.69, 9.17) is 10.4 Å². The first-order valence-electron chi connectivity index (χ1n) is 4.71. The highest BCUT2D eigenvalue weighted by Gasteiger charge is 2.03. The Bertz CT molecular complexity index is 373. The molecule has 0 spiro atoms. The molecule has 4 heteroatoms. The van der Waals surface area contributed by atoms with Crippen LogP contribution in [0.15, 0.2) is 18.2 Å². The number of anilines is 1. The maximum absolute atomic E-state index is 12.9. The summed E-state index contributed by atoms with van der Waals surface area (Å²) in [5.41, 5.74) is 0.713. The van der Waals surface area contributed by atoms with Crippen molar-refractivity contribution >= 4 is 5.69 Å². The zero-order chi connectivity index (χ0) is 11.3. The van der Waals surface area contributed by atoms with Crippen molar-refractivity contribution < 1.29 is 9.50 Å². The molecule has 0 fully saturated rings. The number of aliphatic hydroxyl groups is 1. The molecule has 0 aromatic heterocycles. The van der Waals surface area contributed by atoms with Crippen molar-refractivity contribution in [3.63, 3.8) is 0 Å². The van der Waals surface area contributed by atoms with Gasteiger partial charge in [0.15, 0.2) is 0 Å². The van der Waals surface area contributed by atoms with Gasteiger partial charge in [-0.2, -0.15) is 5.26 Å². The zero-order valence-corrected chi connectivity index (χ0v) is 8.50. The average molecular weight is 208 g/mol. The van der Waals surface area contributed by atoms with Gasteiger partial charge in [0.05, 0.1) is 5.56 Å². The third-order valence-electron chi connectivity index (χ3n) is 2.05. The molecular weight excluding hydrogens is 195 g/mol. The Morgan fingerprint density at radius 3 is 2.93 bits per heavy atom. The smallest absolute Gasteiger partial charge is 0.141 e. The van der Waals surface area contributed by atoms with Crippen molar-refractivity contribution in [3.05, 3.63) is 29.6 Å². The molecule has 0 heterocycles. The molecule has 15 heavy (non-hydrogen) atoms. The second-order valence-electron chi connectivity index (χ2n) is 3.48. The van der Waals surface area contributed by atoms with Crippen LogP contribution in [0.5, 0.6) is 0 Å². The molecule has 0 amide bonds. The molecule has 1 aromatic rings. The summed E-state index contributed by atoms with van der Waals surface area (Å²) >= 11 is 0. The van der Waals surface area contributed by atoms with E-state index in [2.05, 4.69) is 5.32 Å². The minimum Gasteiger partial charge on any atom is -0.396 e. The van der Waals surface area contributed by atoms with Gasteiger partial charge < -0.3 is 10.4 Å². The molecule has 0 saturated carbocycles. The Labute approximate surface area is 88.2 Å². The molecule has 0 aliphatic carbocycles. The Kier molecular flexibility index (Phi) is 4.07. The van der Waals surface area contributed by atoms with Crippen LogP contribution in [0.25, 0.3) is 0 Å². The second kappa shape index (κ2) is 5.32. The molecule has 80 valence electrons. The lowest BCUT2D eigenvalue weighted by molar-refractivity contribution is 0.244. The van der Waals surface area contributed by atoms with Crippen molar-refractivity contribution in [3.8, 4) is 6.07 Å². The van der Waals surface area contributed by atoms with Gasteiger partial charge in [0.1, 0.15) is 11.9 Å². The first kappa shape index (κ1) is 11.5. The number of benzene rings is 1.